The first-order valence-corrected chi connectivity index (χ1v) is 8.49. The smallest absolute Gasteiger partial charge is 0.292 e. The zero-order chi connectivity index (χ0) is 16.9. The summed E-state index contributed by atoms with van der Waals surface area (Å²) in [7, 11) is 0. The van der Waals surface area contributed by atoms with Gasteiger partial charge in [0.2, 0.25) is 5.76 Å². The van der Waals surface area contributed by atoms with Gasteiger partial charge in [0.1, 0.15) is 6.10 Å². The molecule has 0 aliphatic carbocycles. The van der Waals surface area contributed by atoms with E-state index in [0.29, 0.717) is 12.2 Å². The topological polar surface area (TPSA) is 66.6 Å². The zero-order valence-electron chi connectivity index (χ0n) is 13.3. The van der Waals surface area contributed by atoms with Crippen LogP contribution in [0.3, 0.4) is 0 Å². The number of hydrogen-bond donors (Lipinski definition) is 1. The fourth-order valence-corrected chi connectivity index (χ4v) is 3.13. The van der Waals surface area contributed by atoms with Gasteiger partial charge in [0.25, 0.3) is 5.91 Å². The average Bonchev–Trinajstić information content (AvgIpc) is 3.26. The number of aliphatic hydroxyl groups excluding tert-OH is 1. The number of hydrogen-bond acceptors (Lipinski definition) is 5. The third-order valence-corrected chi connectivity index (χ3v) is 4.58. The van der Waals surface area contributed by atoms with Crippen LogP contribution in [-0.4, -0.2) is 27.6 Å². The number of nitrogens with zero attached hydrogens (tertiary/aromatic N) is 2. The minimum atomic E-state index is -0.735. The summed E-state index contributed by atoms with van der Waals surface area (Å²) in [6.45, 7) is 2.35. The molecule has 124 valence electrons. The number of carbonyl (C=O) groups excluding carboxylic acids is 1. The van der Waals surface area contributed by atoms with Crippen molar-refractivity contribution in [1.29, 1.82) is 0 Å². The van der Waals surface area contributed by atoms with Crippen molar-refractivity contribution < 1.29 is 14.4 Å². The lowest BCUT2D eigenvalue weighted by molar-refractivity contribution is 0.0570. The van der Waals surface area contributed by atoms with Crippen molar-refractivity contribution in [2.75, 3.05) is 6.54 Å². The van der Waals surface area contributed by atoms with E-state index < -0.39 is 6.10 Å². The zero-order valence-corrected chi connectivity index (χ0v) is 14.1. The van der Waals surface area contributed by atoms with Crippen molar-refractivity contribution in [3.05, 3.63) is 75.8 Å². The van der Waals surface area contributed by atoms with E-state index in [9.17, 15) is 9.90 Å². The summed E-state index contributed by atoms with van der Waals surface area (Å²) >= 11 is 1.47. The highest BCUT2D eigenvalue weighted by Crippen LogP contribution is 2.22. The Morgan fingerprint density at radius 2 is 2.08 bits per heavy atom. The predicted molar refractivity (Wildman–Crippen MR) is 91.7 cm³/mol. The molecule has 1 N–H and O–H groups in total. The molecule has 0 saturated heterocycles. The highest BCUT2D eigenvalue weighted by atomic mass is 32.1. The predicted octanol–water partition coefficient (Wildman–Crippen LogP) is 3.42. The van der Waals surface area contributed by atoms with Gasteiger partial charge in [-0.15, -0.1) is 11.3 Å². The number of aromatic nitrogens is 1. The van der Waals surface area contributed by atoms with Crippen LogP contribution < -0.4 is 0 Å². The minimum absolute atomic E-state index is 0.182. The summed E-state index contributed by atoms with van der Waals surface area (Å²) in [4.78, 5) is 15.2. The molecular weight excluding hydrogens is 324 g/mol. The highest BCUT2D eigenvalue weighted by Gasteiger charge is 2.23. The van der Waals surface area contributed by atoms with Crippen LogP contribution in [0.25, 0.3) is 0 Å². The summed E-state index contributed by atoms with van der Waals surface area (Å²) < 4.78 is 5.10. The molecule has 6 heteroatoms. The van der Waals surface area contributed by atoms with Gasteiger partial charge in [0.15, 0.2) is 0 Å². The molecule has 0 aliphatic rings. The Balaban J connectivity index is 1.81. The molecule has 0 bridgehead atoms. The molecule has 3 aromatic rings. The van der Waals surface area contributed by atoms with Gasteiger partial charge < -0.3 is 14.5 Å². The molecule has 5 nitrogen and oxygen atoms in total. The van der Waals surface area contributed by atoms with Crippen molar-refractivity contribution in [1.82, 2.24) is 10.1 Å². The molecule has 24 heavy (non-hydrogen) atoms. The van der Waals surface area contributed by atoms with E-state index in [2.05, 4.69) is 5.16 Å². The van der Waals surface area contributed by atoms with Crippen molar-refractivity contribution >= 4 is 17.2 Å². The molecule has 0 saturated carbocycles. The average molecular weight is 342 g/mol. The lowest BCUT2D eigenvalue weighted by atomic mass is 10.2. The molecule has 1 amide bonds. The largest absolute Gasteiger partial charge is 0.386 e. The number of thiophene rings is 1. The van der Waals surface area contributed by atoms with Gasteiger partial charge in [-0.05, 0) is 23.9 Å². The Hall–Kier alpha value is -2.44. The summed E-state index contributed by atoms with van der Waals surface area (Å²) in [5.41, 5.74) is 1.64. The fourth-order valence-electron chi connectivity index (χ4n) is 2.42. The number of amides is 1. The van der Waals surface area contributed by atoms with E-state index in [1.165, 1.54) is 11.3 Å². The molecule has 0 unspecified atom stereocenters. The standard InChI is InChI=1S/C18H18N2O3S/c1-13-10-16(23-19-13)18(22)20(11-14-6-3-2-4-7-14)12-15(21)17-8-5-9-24-17/h2-10,15,21H,11-12H2,1H3/t15-/m1/s1. The number of rotatable bonds is 6. The molecule has 3 rings (SSSR count). The normalized spacial score (nSPS) is 12.1. The summed E-state index contributed by atoms with van der Waals surface area (Å²) in [5.74, 6) is -0.100. The van der Waals surface area contributed by atoms with Crippen molar-refractivity contribution in [3.8, 4) is 0 Å². The maximum absolute atomic E-state index is 12.8. The molecule has 0 radical (unpaired) electrons. The van der Waals surface area contributed by atoms with Crippen LogP contribution in [0.15, 0.2) is 58.4 Å². The third-order valence-electron chi connectivity index (χ3n) is 3.61. The third kappa shape index (κ3) is 3.90. The molecular formula is C18H18N2O3S. The Labute approximate surface area is 144 Å². The Kier molecular flexibility index (Phi) is 5.08. The fraction of sp³-hybridized carbons (Fsp3) is 0.222. The second kappa shape index (κ2) is 7.42. The lowest BCUT2D eigenvalue weighted by Crippen LogP contribution is -2.34. The van der Waals surface area contributed by atoms with Crippen molar-refractivity contribution in [3.63, 3.8) is 0 Å². The molecule has 1 atom stereocenters. The van der Waals surface area contributed by atoms with Gasteiger partial charge in [-0.3, -0.25) is 4.79 Å². The molecule has 0 fully saturated rings. The minimum Gasteiger partial charge on any atom is -0.386 e. The van der Waals surface area contributed by atoms with E-state index in [1.54, 1.807) is 17.9 Å². The van der Waals surface area contributed by atoms with Gasteiger partial charge in [-0.1, -0.05) is 41.6 Å². The van der Waals surface area contributed by atoms with Crippen molar-refractivity contribution in [2.45, 2.75) is 19.6 Å². The van der Waals surface area contributed by atoms with Gasteiger partial charge in [-0.25, -0.2) is 0 Å². The van der Waals surface area contributed by atoms with E-state index >= 15 is 0 Å². The Bertz CT molecular complexity index is 784. The van der Waals surface area contributed by atoms with E-state index in [4.69, 9.17) is 4.52 Å². The van der Waals surface area contributed by atoms with E-state index in [-0.39, 0.29) is 18.2 Å². The maximum atomic E-state index is 12.8. The van der Waals surface area contributed by atoms with E-state index in [0.717, 1.165) is 10.4 Å². The quantitative estimate of drug-likeness (QED) is 0.745. The number of aryl methyl sites for hydroxylation is 1. The second-order valence-electron chi connectivity index (χ2n) is 5.54. The van der Waals surface area contributed by atoms with Crippen LogP contribution in [0.2, 0.25) is 0 Å². The van der Waals surface area contributed by atoms with Crippen LogP contribution in [0, 0.1) is 6.92 Å². The Morgan fingerprint density at radius 1 is 1.29 bits per heavy atom. The SMILES string of the molecule is Cc1cc(C(=O)N(Cc2ccccc2)C[C@@H](O)c2cccs2)on1. The highest BCUT2D eigenvalue weighted by molar-refractivity contribution is 7.10. The van der Waals surface area contributed by atoms with Crippen LogP contribution in [0.4, 0.5) is 0 Å². The van der Waals surface area contributed by atoms with E-state index in [1.807, 2.05) is 47.8 Å². The van der Waals surface area contributed by atoms with Crippen LogP contribution in [0.5, 0.6) is 0 Å². The summed E-state index contributed by atoms with van der Waals surface area (Å²) in [6, 6.07) is 15.0. The number of aliphatic hydroxyl groups is 1. The maximum Gasteiger partial charge on any atom is 0.292 e. The van der Waals surface area contributed by atoms with Gasteiger partial charge in [-0.2, -0.15) is 0 Å². The molecule has 2 aromatic heterocycles. The van der Waals surface area contributed by atoms with Gasteiger partial charge in [0.05, 0.1) is 12.2 Å². The van der Waals surface area contributed by atoms with Gasteiger partial charge >= 0.3 is 0 Å². The number of benzene rings is 1. The molecule has 1 aromatic carbocycles. The van der Waals surface area contributed by atoms with Crippen LogP contribution in [0.1, 0.15) is 32.8 Å². The second-order valence-corrected chi connectivity index (χ2v) is 6.51. The first kappa shape index (κ1) is 16.4. The van der Waals surface area contributed by atoms with Gasteiger partial charge in [0, 0.05) is 17.5 Å². The monoisotopic (exact) mass is 342 g/mol. The molecule has 0 aliphatic heterocycles. The van der Waals surface area contributed by atoms with Crippen LogP contribution in [-0.2, 0) is 6.54 Å². The summed E-state index contributed by atoms with van der Waals surface area (Å²) in [5, 5.41) is 16.1. The first-order chi connectivity index (χ1) is 11.6. The Morgan fingerprint density at radius 3 is 2.71 bits per heavy atom. The van der Waals surface area contributed by atoms with Crippen molar-refractivity contribution in [2.24, 2.45) is 0 Å². The number of carbonyl (C=O) groups is 1. The molecule has 0 spiro atoms. The first-order valence-electron chi connectivity index (χ1n) is 7.61. The lowest BCUT2D eigenvalue weighted by Gasteiger charge is -2.24. The van der Waals surface area contributed by atoms with Crippen LogP contribution >= 0.6 is 11.3 Å². The molecule has 2 heterocycles. The summed E-state index contributed by atoms with van der Waals surface area (Å²) in [6.07, 6.45) is -0.735.